The summed E-state index contributed by atoms with van der Waals surface area (Å²) >= 11 is 0. The van der Waals surface area contributed by atoms with Crippen molar-refractivity contribution in [3.05, 3.63) is 35.9 Å². The average Bonchev–Trinajstić information content (AvgIpc) is 2.54. The molecule has 1 heterocycles. The number of ether oxygens (including phenoxy) is 2. The Morgan fingerprint density at radius 2 is 1.96 bits per heavy atom. The number of rotatable bonds is 6. The van der Waals surface area contributed by atoms with Gasteiger partial charge in [0.25, 0.3) is 0 Å². The van der Waals surface area contributed by atoms with Gasteiger partial charge in [0.15, 0.2) is 0 Å². The number of hydrogen-bond donors (Lipinski definition) is 1. The summed E-state index contributed by atoms with van der Waals surface area (Å²) in [6.45, 7) is 8.77. The molecule has 1 amide bonds. The van der Waals surface area contributed by atoms with Gasteiger partial charge < -0.3 is 19.5 Å². The lowest BCUT2D eigenvalue weighted by atomic mass is 10.0. The molecule has 0 bridgehead atoms. The standard InChI is InChI=1S/C20H32N2O4/c1-20(2,3)26-19(24)22-11-10-21(13-16-8-6-5-7-9-16)14-17(22)12-18(23)15-25-4/h5-9,17-18,23H,10-15H2,1-4H3. The van der Waals surface area contributed by atoms with Crippen molar-refractivity contribution >= 4 is 6.09 Å². The van der Waals surface area contributed by atoms with Gasteiger partial charge in [-0.3, -0.25) is 4.90 Å². The van der Waals surface area contributed by atoms with E-state index in [-0.39, 0.29) is 18.7 Å². The van der Waals surface area contributed by atoms with Gasteiger partial charge in [-0.25, -0.2) is 4.79 Å². The fourth-order valence-corrected chi connectivity index (χ4v) is 3.24. The first-order valence-corrected chi connectivity index (χ1v) is 9.21. The summed E-state index contributed by atoms with van der Waals surface area (Å²) in [5.74, 6) is 0. The van der Waals surface area contributed by atoms with Crippen molar-refractivity contribution in [2.24, 2.45) is 0 Å². The molecule has 0 radical (unpaired) electrons. The molecule has 1 aliphatic heterocycles. The van der Waals surface area contributed by atoms with Crippen molar-refractivity contribution in [2.45, 2.75) is 51.5 Å². The van der Waals surface area contributed by atoms with E-state index >= 15 is 0 Å². The Labute approximate surface area is 156 Å². The Bertz CT molecular complexity index is 559. The van der Waals surface area contributed by atoms with Gasteiger partial charge in [-0.1, -0.05) is 30.3 Å². The minimum absolute atomic E-state index is 0.104. The molecule has 2 unspecified atom stereocenters. The Balaban J connectivity index is 2.04. The van der Waals surface area contributed by atoms with E-state index in [1.165, 1.54) is 5.56 Å². The molecular formula is C20H32N2O4. The summed E-state index contributed by atoms with van der Waals surface area (Å²) in [6, 6.07) is 10.2. The van der Waals surface area contributed by atoms with E-state index in [1.807, 2.05) is 39.0 Å². The average molecular weight is 364 g/mol. The topological polar surface area (TPSA) is 62.2 Å². The van der Waals surface area contributed by atoms with Crippen LogP contribution in [0.25, 0.3) is 0 Å². The summed E-state index contributed by atoms with van der Waals surface area (Å²) in [5.41, 5.74) is 0.711. The lowest BCUT2D eigenvalue weighted by Gasteiger charge is -2.42. The highest BCUT2D eigenvalue weighted by Crippen LogP contribution is 2.20. The lowest BCUT2D eigenvalue weighted by Crippen LogP contribution is -2.56. The number of amides is 1. The Kier molecular flexibility index (Phi) is 7.43. The molecule has 0 spiro atoms. The number of piperazine rings is 1. The molecule has 1 aromatic rings. The highest BCUT2D eigenvalue weighted by atomic mass is 16.6. The van der Waals surface area contributed by atoms with Crippen molar-refractivity contribution < 1.29 is 19.4 Å². The fraction of sp³-hybridized carbons (Fsp3) is 0.650. The van der Waals surface area contributed by atoms with Crippen LogP contribution in [0.15, 0.2) is 30.3 Å². The van der Waals surface area contributed by atoms with Gasteiger partial charge >= 0.3 is 6.09 Å². The Morgan fingerprint density at radius 3 is 2.58 bits per heavy atom. The van der Waals surface area contributed by atoms with E-state index in [0.29, 0.717) is 19.5 Å². The molecule has 1 aromatic carbocycles. The molecule has 26 heavy (non-hydrogen) atoms. The van der Waals surface area contributed by atoms with Crippen LogP contribution in [0.4, 0.5) is 4.79 Å². The van der Waals surface area contributed by atoms with Crippen molar-refractivity contribution in [1.29, 1.82) is 0 Å². The minimum Gasteiger partial charge on any atom is -0.444 e. The molecule has 1 saturated heterocycles. The van der Waals surface area contributed by atoms with E-state index in [2.05, 4.69) is 17.0 Å². The Morgan fingerprint density at radius 1 is 1.27 bits per heavy atom. The normalized spacial score (nSPS) is 20.0. The molecule has 6 nitrogen and oxygen atoms in total. The minimum atomic E-state index is -0.605. The van der Waals surface area contributed by atoms with Crippen molar-refractivity contribution in [3.63, 3.8) is 0 Å². The highest BCUT2D eigenvalue weighted by Gasteiger charge is 2.34. The van der Waals surface area contributed by atoms with Crippen molar-refractivity contribution in [3.8, 4) is 0 Å². The summed E-state index contributed by atoms with van der Waals surface area (Å²) in [4.78, 5) is 16.7. The maximum Gasteiger partial charge on any atom is 0.410 e. The number of hydrogen-bond acceptors (Lipinski definition) is 5. The van der Waals surface area contributed by atoms with Crippen LogP contribution in [0.2, 0.25) is 0 Å². The second-order valence-corrected chi connectivity index (χ2v) is 7.89. The van der Waals surface area contributed by atoms with Gasteiger partial charge in [-0.05, 0) is 32.8 Å². The van der Waals surface area contributed by atoms with Gasteiger partial charge in [0.1, 0.15) is 5.60 Å². The van der Waals surface area contributed by atoms with Crippen LogP contribution < -0.4 is 0 Å². The monoisotopic (exact) mass is 364 g/mol. The van der Waals surface area contributed by atoms with Gasteiger partial charge in [0.2, 0.25) is 0 Å². The predicted molar refractivity (Wildman–Crippen MR) is 101 cm³/mol. The first-order chi connectivity index (χ1) is 12.3. The molecule has 0 aliphatic carbocycles. The zero-order valence-electron chi connectivity index (χ0n) is 16.4. The van der Waals surface area contributed by atoms with Crippen LogP contribution >= 0.6 is 0 Å². The lowest BCUT2D eigenvalue weighted by molar-refractivity contribution is -0.0191. The summed E-state index contributed by atoms with van der Waals surface area (Å²) in [6.07, 6.45) is -0.448. The Hall–Kier alpha value is -1.63. The third-order valence-corrected chi connectivity index (χ3v) is 4.35. The smallest absolute Gasteiger partial charge is 0.410 e. The van der Waals surface area contributed by atoms with E-state index < -0.39 is 11.7 Å². The zero-order valence-corrected chi connectivity index (χ0v) is 16.4. The van der Waals surface area contributed by atoms with Gasteiger partial charge in [-0.15, -0.1) is 0 Å². The van der Waals surface area contributed by atoms with Crippen LogP contribution in [0.5, 0.6) is 0 Å². The summed E-state index contributed by atoms with van der Waals surface area (Å²) in [5, 5.41) is 10.2. The second kappa shape index (κ2) is 9.35. The predicted octanol–water partition coefficient (Wildman–Crippen LogP) is 2.51. The number of nitrogens with zero attached hydrogens (tertiary/aromatic N) is 2. The number of aliphatic hydroxyl groups is 1. The molecule has 6 heteroatoms. The maximum absolute atomic E-state index is 12.6. The van der Waals surface area contributed by atoms with Crippen LogP contribution in [0, 0.1) is 0 Å². The van der Waals surface area contributed by atoms with Crippen molar-refractivity contribution in [1.82, 2.24) is 9.80 Å². The molecule has 1 fully saturated rings. The SMILES string of the molecule is COCC(O)CC1CN(Cc2ccccc2)CCN1C(=O)OC(C)(C)C. The van der Waals surface area contributed by atoms with E-state index in [4.69, 9.17) is 9.47 Å². The van der Waals surface area contributed by atoms with Crippen molar-refractivity contribution in [2.75, 3.05) is 33.4 Å². The molecule has 0 saturated carbocycles. The van der Waals surface area contributed by atoms with Gasteiger partial charge in [0.05, 0.1) is 18.8 Å². The summed E-state index contributed by atoms with van der Waals surface area (Å²) in [7, 11) is 1.57. The number of carbonyl (C=O) groups excluding carboxylic acids is 1. The van der Waals surface area contributed by atoms with E-state index in [1.54, 1.807) is 12.0 Å². The van der Waals surface area contributed by atoms with Crippen LogP contribution in [-0.2, 0) is 16.0 Å². The van der Waals surface area contributed by atoms with Gasteiger partial charge in [-0.2, -0.15) is 0 Å². The first-order valence-electron chi connectivity index (χ1n) is 9.21. The first kappa shape index (κ1) is 20.7. The van der Waals surface area contributed by atoms with Gasteiger partial charge in [0, 0.05) is 33.3 Å². The molecule has 0 aromatic heterocycles. The van der Waals surface area contributed by atoms with E-state index in [9.17, 15) is 9.90 Å². The number of methoxy groups -OCH3 is 1. The number of benzene rings is 1. The molecular weight excluding hydrogens is 332 g/mol. The maximum atomic E-state index is 12.6. The largest absolute Gasteiger partial charge is 0.444 e. The van der Waals surface area contributed by atoms with Crippen LogP contribution in [-0.4, -0.2) is 72.1 Å². The number of carbonyl (C=O) groups is 1. The quantitative estimate of drug-likeness (QED) is 0.840. The van der Waals surface area contributed by atoms with Crippen LogP contribution in [0.3, 0.4) is 0 Å². The fourth-order valence-electron chi connectivity index (χ4n) is 3.24. The van der Waals surface area contributed by atoms with Crippen LogP contribution in [0.1, 0.15) is 32.8 Å². The molecule has 1 aliphatic rings. The second-order valence-electron chi connectivity index (χ2n) is 7.89. The number of aliphatic hydroxyl groups excluding tert-OH is 1. The third kappa shape index (κ3) is 6.59. The van der Waals surface area contributed by atoms with E-state index in [0.717, 1.165) is 13.1 Å². The molecule has 2 rings (SSSR count). The molecule has 2 atom stereocenters. The summed E-state index contributed by atoms with van der Waals surface area (Å²) < 4.78 is 10.6. The zero-order chi connectivity index (χ0) is 19.2. The molecule has 1 N–H and O–H groups in total. The highest BCUT2D eigenvalue weighted by molar-refractivity contribution is 5.68. The third-order valence-electron chi connectivity index (χ3n) is 4.35. The molecule has 146 valence electrons.